The molecule has 2 N–H and O–H groups in total. The number of unbranched alkanes of at least 4 members (excludes halogenated alkanes) is 3. The molecule has 0 aliphatic carbocycles. The van der Waals surface area contributed by atoms with Gasteiger partial charge in [-0.25, -0.2) is 13.1 Å². The van der Waals surface area contributed by atoms with Gasteiger partial charge in [0.2, 0.25) is 10.0 Å². The maximum absolute atomic E-state index is 11.4. The van der Waals surface area contributed by atoms with Crippen LogP contribution in [0.3, 0.4) is 0 Å². The fourth-order valence-corrected chi connectivity index (χ4v) is 2.18. The Balaban J connectivity index is 3.68. The van der Waals surface area contributed by atoms with Crippen molar-refractivity contribution in [2.45, 2.75) is 32.6 Å². The zero-order chi connectivity index (χ0) is 13.1. The van der Waals surface area contributed by atoms with Gasteiger partial charge in [0, 0.05) is 13.2 Å². The molecule has 0 atom stereocenters. The number of esters is 1. The molecule has 6 nitrogen and oxygen atoms in total. The number of ether oxygens (including phenoxy) is 1. The summed E-state index contributed by atoms with van der Waals surface area (Å²) in [4.78, 5) is 11.0. The van der Waals surface area contributed by atoms with E-state index in [1.165, 1.54) is 0 Å². The van der Waals surface area contributed by atoms with Crippen molar-refractivity contribution in [3.8, 4) is 0 Å². The molecule has 0 heterocycles. The van der Waals surface area contributed by atoms with Crippen LogP contribution in [0.2, 0.25) is 0 Å². The van der Waals surface area contributed by atoms with Crippen LogP contribution in [-0.4, -0.2) is 45.0 Å². The molecule has 0 amide bonds. The number of carbonyl (C=O) groups is 1. The van der Waals surface area contributed by atoms with Gasteiger partial charge in [-0.2, -0.15) is 0 Å². The molecule has 0 aliphatic heterocycles. The van der Waals surface area contributed by atoms with Gasteiger partial charge in [-0.1, -0.05) is 12.8 Å². The summed E-state index contributed by atoms with van der Waals surface area (Å²) >= 11 is 0. The molecule has 0 saturated heterocycles. The summed E-state index contributed by atoms with van der Waals surface area (Å²) in [5, 5.41) is 8.54. The average molecular weight is 267 g/mol. The van der Waals surface area contributed by atoms with Crippen molar-refractivity contribution in [2.75, 3.05) is 25.5 Å². The number of hydrogen-bond donors (Lipinski definition) is 2. The Hall–Kier alpha value is -0.660. The van der Waals surface area contributed by atoms with Crippen LogP contribution < -0.4 is 4.72 Å². The highest BCUT2D eigenvalue weighted by Crippen LogP contribution is 1.98. The predicted octanol–water partition coefficient (Wildman–Crippen LogP) is 0.0216. The predicted molar refractivity (Wildman–Crippen MR) is 64.0 cm³/mol. The van der Waals surface area contributed by atoms with Gasteiger partial charge in [-0.05, 0) is 19.8 Å². The van der Waals surface area contributed by atoms with Gasteiger partial charge in [0.05, 0.1) is 6.61 Å². The number of rotatable bonds is 10. The summed E-state index contributed by atoms with van der Waals surface area (Å²) < 4.78 is 29.6. The van der Waals surface area contributed by atoms with Crippen LogP contribution in [0.4, 0.5) is 0 Å². The maximum atomic E-state index is 11.4. The molecule has 0 aromatic rings. The molecule has 0 radical (unpaired) electrons. The van der Waals surface area contributed by atoms with Crippen LogP contribution in [0.5, 0.6) is 0 Å². The summed E-state index contributed by atoms with van der Waals surface area (Å²) in [6.45, 7) is 2.27. The standard InChI is InChI=1S/C10H21NO5S/c1-2-16-10(13)9-17(14,15)11-7-5-3-4-6-8-12/h11-12H,2-9H2,1H3. The Morgan fingerprint density at radius 3 is 2.47 bits per heavy atom. The van der Waals surface area contributed by atoms with Gasteiger partial charge in [0.1, 0.15) is 0 Å². The molecule has 0 unspecified atom stereocenters. The first-order chi connectivity index (χ1) is 8.02. The monoisotopic (exact) mass is 267 g/mol. The van der Waals surface area contributed by atoms with E-state index in [2.05, 4.69) is 9.46 Å². The smallest absolute Gasteiger partial charge is 0.322 e. The molecule has 0 bridgehead atoms. The summed E-state index contributed by atoms with van der Waals surface area (Å²) in [7, 11) is -3.57. The zero-order valence-electron chi connectivity index (χ0n) is 10.1. The molecule has 7 heteroatoms. The fraction of sp³-hybridized carbons (Fsp3) is 0.900. The Labute approximate surface area is 102 Å². The van der Waals surface area contributed by atoms with Crippen molar-refractivity contribution in [3.05, 3.63) is 0 Å². The van der Waals surface area contributed by atoms with Crippen LogP contribution in [0.25, 0.3) is 0 Å². The second-order valence-electron chi connectivity index (χ2n) is 3.60. The normalized spacial score (nSPS) is 11.4. The quantitative estimate of drug-likeness (QED) is 0.430. The SMILES string of the molecule is CCOC(=O)CS(=O)(=O)NCCCCCCO. The largest absolute Gasteiger partial charge is 0.465 e. The van der Waals surface area contributed by atoms with Crippen LogP contribution in [0.15, 0.2) is 0 Å². The minimum absolute atomic E-state index is 0.161. The van der Waals surface area contributed by atoms with Gasteiger partial charge in [-0.3, -0.25) is 4.79 Å². The molecule has 102 valence electrons. The second kappa shape index (κ2) is 9.38. The minimum atomic E-state index is -3.57. The summed E-state index contributed by atoms with van der Waals surface area (Å²) in [6, 6.07) is 0. The van der Waals surface area contributed by atoms with E-state index >= 15 is 0 Å². The van der Waals surface area contributed by atoms with Crippen LogP contribution in [0, 0.1) is 0 Å². The lowest BCUT2D eigenvalue weighted by Crippen LogP contribution is -2.31. The maximum Gasteiger partial charge on any atom is 0.322 e. The van der Waals surface area contributed by atoms with E-state index in [4.69, 9.17) is 5.11 Å². The van der Waals surface area contributed by atoms with Gasteiger partial charge in [0.25, 0.3) is 0 Å². The highest BCUT2D eigenvalue weighted by Gasteiger charge is 2.16. The van der Waals surface area contributed by atoms with Crippen LogP contribution >= 0.6 is 0 Å². The van der Waals surface area contributed by atoms with Crippen molar-refractivity contribution in [3.63, 3.8) is 0 Å². The number of carbonyl (C=O) groups excluding carboxylic acids is 1. The van der Waals surface area contributed by atoms with Gasteiger partial charge >= 0.3 is 5.97 Å². The van der Waals surface area contributed by atoms with E-state index in [1.807, 2.05) is 0 Å². The first-order valence-electron chi connectivity index (χ1n) is 5.75. The lowest BCUT2D eigenvalue weighted by atomic mass is 10.2. The molecule has 0 rings (SSSR count). The third-order valence-electron chi connectivity index (χ3n) is 2.02. The average Bonchev–Trinajstić information content (AvgIpc) is 2.22. The number of hydrogen-bond acceptors (Lipinski definition) is 5. The van der Waals surface area contributed by atoms with Crippen molar-refractivity contribution in [2.24, 2.45) is 0 Å². The number of nitrogens with one attached hydrogen (secondary N) is 1. The summed E-state index contributed by atoms with van der Waals surface area (Å²) in [5.41, 5.74) is 0. The lowest BCUT2D eigenvalue weighted by molar-refractivity contribution is -0.139. The fourth-order valence-electron chi connectivity index (χ4n) is 1.23. The molecule has 0 aliphatic rings. The van der Waals surface area contributed by atoms with Crippen molar-refractivity contribution in [1.82, 2.24) is 4.72 Å². The Morgan fingerprint density at radius 2 is 1.88 bits per heavy atom. The van der Waals surface area contributed by atoms with Crippen molar-refractivity contribution < 1.29 is 23.1 Å². The lowest BCUT2D eigenvalue weighted by Gasteiger charge is -2.06. The molecule has 0 aromatic carbocycles. The third kappa shape index (κ3) is 10.2. The van der Waals surface area contributed by atoms with Crippen LogP contribution in [-0.2, 0) is 19.6 Å². The van der Waals surface area contributed by atoms with E-state index in [0.29, 0.717) is 13.0 Å². The van der Waals surface area contributed by atoms with Gasteiger partial charge in [-0.15, -0.1) is 0 Å². The molecular weight excluding hydrogens is 246 g/mol. The van der Waals surface area contributed by atoms with Crippen LogP contribution in [0.1, 0.15) is 32.6 Å². The summed E-state index contributed by atoms with van der Waals surface area (Å²) in [5.74, 6) is -1.36. The highest BCUT2D eigenvalue weighted by molar-refractivity contribution is 7.90. The van der Waals surface area contributed by atoms with Crippen molar-refractivity contribution in [1.29, 1.82) is 0 Å². The Kier molecular flexibility index (Phi) is 9.01. The van der Waals surface area contributed by atoms with E-state index in [1.54, 1.807) is 6.92 Å². The number of aliphatic hydroxyl groups is 1. The van der Waals surface area contributed by atoms with Crippen molar-refractivity contribution >= 4 is 16.0 Å². The molecule has 0 spiro atoms. The summed E-state index contributed by atoms with van der Waals surface area (Å²) in [6.07, 6.45) is 3.15. The highest BCUT2D eigenvalue weighted by atomic mass is 32.2. The number of sulfonamides is 1. The molecule has 0 fully saturated rings. The van der Waals surface area contributed by atoms with E-state index < -0.39 is 21.7 Å². The first kappa shape index (κ1) is 16.3. The van der Waals surface area contributed by atoms with Gasteiger partial charge in [0.15, 0.2) is 5.75 Å². The zero-order valence-corrected chi connectivity index (χ0v) is 11.0. The number of aliphatic hydroxyl groups excluding tert-OH is 1. The Morgan fingerprint density at radius 1 is 1.24 bits per heavy atom. The minimum Gasteiger partial charge on any atom is -0.465 e. The molecule has 0 saturated carbocycles. The molecular formula is C10H21NO5S. The van der Waals surface area contributed by atoms with E-state index in [-0.39, 0.29) is 13.2 Å². The molecule has 0 aromatic heterocycles. The van der Waals surface area contributed by atoms with Gasteiger partial charge < -0.3 is 9.84 Å². The second-order valence-corrected chi connectivity index (χ2v) is 5.40. The molecule has 17 heavy (non-hydrogen) atoms. The Bertz CT molecular complexity index is 302. The van der Waals surface area contributed by atoms with E-state index in [0.717, 1.165) is 19.3 Å². The topological polar surface area (TPSA) is 92.7 Å². The first-order valence-corrected chi connectivity index (χ1v) is 7.41. The third-order valence-corrected chi connectivity index (χ3v) is 3.28. The van der Waals surface area contributed by atoms with E-state index in [9.17, 15) is 13.2 Å².